The molecule has 1 aromatic carbocycles. The number of alkyl halides is 3. The molecule has 0 bridgehead atoms. The average Bonchev–Trinajstić information content (AvgIpc) is 3.38. The summed E-state index contributed by atoms with van der Waals surface area (Å²) in [6.45, 7) is 2.68. The van der Waals surface area contributed by atoms with Gasteiger partial charge < -0.3 is 10.0 Å². The van der Waals surface area contributed by atoms with Crippen LogP contribution in [-0.4, -0.2) is 42.6 Å². The maximum absolute atomic E-state index is 13.7. The molecule has 3 aromatic rings. The summed E-state index contributed by atoms with van der Waals surface area (Å²) >= 11 is 0. The zero-order valence-corrected chi connectivity index (χ0v) is 20.5. The van der Waals surface area contributed by atoms with Gasteiger partial charge in [0, 0.05) is 37.0 Å². The van der Waals surface area contributed by atoms with Crippen LogP contribution < -0.4 is 9.62 Å². The summed E-state index contributed by atoms with van der Waals surface area (Å²) in [5, 5.41) is 9.31. The largest absolute Gasteiger partial charge is 0.481 e. The Bertz CT molecular complexity index is 1500. The molecule has 2 fully saturated rings. The number of sulfonamides is 1. The van der Waals surface area contributed by atoms with E-state index in [1.807, 2.05) is 4.90 Å². The van der Waals surface area contributed by atoms with Crippen molar-refractivity contribution >= 4 is 27.6 Å². The molecule has 1 aliphatic carbocycles. The summed E-state index contributed by atoms with van der Waals surface area (Å²) in [4.78, 5) is 21.0. The summed E-state index contributed by atoms with van der Waals surface area (Å²) in [7, 11) is -4.21. The number of aromatic nitrogens is 2. The van der Waals surface area contributed by atoms with Gasteiger partial charge in [-0.2, -0.15) is 13.2 Å². The fourth-order valence-corrected chi connectivity index (χ4v) is 6.02. The first-order chi connectivity index (χ1) is 17.4. The van der Waals surface area contributed by atoms with E-state index in [1.165, 1.54) is 24.4 Å². The van der Waals surface area contributed by atoms with Gasteiger partial charge in [0.25, 0.3) is 10.0 Å². The van der Waals surface area contributed by atoms with Gasteiger partial charge in [-0.3, -0.25) is 9.52 Å². The molecule has 0 amide bonds. The number of aliphatic carboxylic acids is 1. The number of hydrogen-bond acceptors (Lipinski definition) is 6. The Morgan fingerprint density at radius 3 is 2.59 bits per heavy atom. The Labute approximate surface area is 211 Å². The maximum Gasteiger partial charge on any atom is 0.418 e. The third-order valence-corrected chi connectivity index (χ3v) is 8.46. The van der Waals surface area contributed by atoms with E-state index in [2.05, 4.69) is 14.7 Å². The van der Waals surface area contributed by atoms with Crippen molar-refractivity contribution in [3.05, 3.63) is 66.0 Å². The molecule has 194 valence electrons. The molecule has 3 heterocycles. The highest BCUT2D eigenvalue weighted by Crippen LogP contribution is 2.58. The molecule has 2 N–H and O–H groups in total. The van der Waals surface area contributed by atoms with Crippen molar-refractivity contribution in [3.63, 3.8) is 0 Å². The minimum Gasteiger partial charge on any atom is -0.481 e. The van der Waals surface area contributed by atoms with Gasteiger partial charge in [-0.1, -0.05) is 24.3 Å². The summed E-state index contributed by atoms with van der Waals surface area (Å²) in [6.07, 6.45) is -1.47. The molecule has 2 aromatic heterocycles. The molecule has 0 radical (unpaired) electrons. The number of pyridine rings is 2. The van der Waals surface area contributed by atoms with Crippen LogP contribution in [0.1, 0.15) is 24.0 Å². The number of benzene rings is 1. The van der Waals surface area contributed by atoms with Crippen LogP contribution in [0.25, 0.3) is 11.1 Å². The van der Waals surface area contributed by atoms with Gasteiger partial charge in [0.15, 0.2) is 0 Å². The normalized spacial score (nSPS) is 21.3. The van der Waals surface area contributed by atoms with Crippen molar-refractivity contribution < 1.29 is 31.5 Å². The fourth-order valence-electron chi connectivity index (χ4n) is 5.01. The summed E-state index contributed by atoms with van der Waals surface area (Å²) in [5.74, 6) is -1.10. The molecule has 8 nitrogen and oxygen atoms in total. The minimum atomic E-state index is -4.68. The standard InChI is InChI=1S/C25H23F3N4O4S/c1-15-4-2-3-5-17(15)18-11-21(30-13-20(18)25(26,27)28)31-37(35,36)16-6-8-29-22(10-16)32-9-7-24(14-32)12-19(24)23(33)34/h2-6,8,10-11,13,19H,7,9,12,14H2,1H3,(H,30,31)(H,33,34). The quantitative estimate of drug-likeness (QED) is 0.478. The highest BCUT2D eigenvalue weighted by Gasteiger charge is 2.61. The molecule has 1 saturated carbocycles. The molecular formula is C25H23F3N4O4S. The van der Waals surface area contributed by atoms with Gasteiger partial charge in [0.2, 0.25) is 0 Å². The summed E-state index contributed by atoms with van der Waals surface area (Å²) < 4.78 is 69.7. The molecule has 1 spiro atoms. The first kappa shape index (κ1) is 25.0. The Kier molecular flexibility index (Phi) is 5.89. The monoisotopic (exact) mass is 532 g/mol. The minimum absolute atomic E-state index is 0.136. The third kappa shape index (κ3) is 4.73. The van der Waals surface area contributed by atoms with Crippen LogP contribution in [0.4, 0.5) is 24.8 Å². The van der Waals surface area contributed by atoms with E-state index in [9.17, 15) is 31.5 Å². The zero-order chi connectivity index (χ0) is 26.6. The van der Waals surface area contributed by atoms with Crippen molar-refractivity contribution in [2.24, 2.45) is 11.3 Å². The second kappa shape index (κ2) is 8.72. The molecular weight excluding hydrogens is 509 g/mol. The molecule has 2 atom stereocenters. The third-order valence-electron chi connectivity index (χ3n) is 7.11. The van der Waals surface area contributed by atoms with E-state index >= 15 is 0 Å². The van der Waals surface area contributed by atoms with E-state index in [4.69, 9.17) is 0 Å². The van der Waals surface area contributed by atoms with E-state index in [-0.39, 0.29) is 21.7 Å². The smallest absolute Gasteiger partial charge is 0.418 e. The lowest BCUT2D eigenvalue weighted by molar-refractivity contribution is -0.139. The van der Waals surface area contributed by atoms with Gasteiger partial charge in [0.05, 0.1) is 16.4 Å². The van der Waals surface area contributed by atoms with Crippen molar-refractivity contribution in [1.82, 2.24) is 9.97 Å². The number of carboxylic acid groups (broad SMARTS) is 1. The number of carbonyl (C=O) groups is 1. The highest BCUT2D eigenvalue weighted by molar-refractivity contribution is 7.92. The molecule has 2 aliphatic rings. The Balaban J connectivity index is 1.42. The highest BCUT2D eigenvalue weighted by atomic mass is 32.2. The Morgan fingerprint density at radius 2 is 1.92 bits per heavy atom. The fraction of sp³-hybridized carbons (Fsp3) is 0.320. The van der Waals surface area contributed by atoms with Crippen LogP contribution in [0.3, 0.4) is 0 Å². The number of halogens is 3. The number of anilines is 2. The number of rotatable bonds is 6. The number of hydrogen-bond donors (Lipinski definition) is 2. The van der Waals surface area contributed by atoms with E-state index in [0.717, 1.165) is 6.07 Å². The van der Waals surface area contributed by atoms with Crippen LogP contribution in [-0.2, 0) is 21.0 Å². The van der Waals surface area contributed by atoms with Crippen LogP contribution in [0.2, 0.25) is 0 Å². The number of carboxylic acids is 1. The lowest BCUT2D eigenvalue weighted by atomic mass is 9.97. The predicted octanol–water partition coefficient (Wildman–Crippen LogP) is 4.57. The molecule has 1 aliphatic heterocycles. The summed E-state index contributed by atoms with van der Waals surface area (Å²) in [6, 6.07) is 10.2. The molecule has 2 unspecified atom stereocenters. The lowest BCUT2D eigenvalue weighted by Gasteiger charge is -2.19. The van der Waals surface area contributed by atoms with E-state index in [1.54, 1.807) is 25.1 Å². The molecule has 37 heavy (non-hydrogen) atoms. The van der Waals surface area contributed by atoms with Crippen LogP contribution >= 0.6 is 0 Å². The number of aryl methyl sites for hydroxylation is 1. The van der Waals surface area contributed by atoms with Gasteiger partial charge in [0.1, 0.15) is 11.6 Å². The van der Waals surface area contributed by atoms with Crippen LogP contribution in [0, 0.1) is 18.3 Å². The maximum atomic E-state index is 13.7. The number of nitrogens with one attached hydrogen (secondary N) is 1. The Morgan fingerprint density at radius 1 is 1.16 bits per heavy atom. The SMILES string of the molecule is Cc1ccccc1-c1cc(NS(=O)(=O)c2ccnc(N3CCC4(CC4C(=O)O)C3)c2)ncc1C(F)(F)F. The average molecular weight is 533 g/mol. The molecule has 12 heteroatoms. The first-order valence-corrected chi connectivity index (χ1v) is 13.0. The Hall–Kier alpha value is -3.67. The topological polar surface area (TPSA) is 112 Å². The first-order valence-electron chi connectivity index (χ1n) is 11.5. The van der Waals surface area contributed by atoms with Crippen molar-refractivity contribution in [1.29, 1.82) is 0 Å². The predicted molar refractivity (Wildman–Crippen MR) is 129 cm³/mol. The summed E-state index contributed by atoms with van der Waals surface area (Å²) in [5.41, 5.74) is -0.564. The lowest BCUT2D eigenvalue weighted by Crippen LogP contribution is -2.23. The van der Waals surface area contributed by atoms with Crippen LogP contribution in [0.5, 0.6) is 0 Å². The van der Waals surface area contributed by atoms with Crippen molar-refractivity contribution in [2.45, 2.75) is 30.8 Å². The van der Waals surface area contributed by atoms with Gasteiger partial charge in [-0.05, 0) is 48.6 Å². The van der Waals surface area contributed by atoms with Gasteiger partial charge >= 0.3 is 12.1 Å². The van der Waals surface area contributed by atoms with E-state index < -0.39 is 33.7 Å². The molecule has 1 saturated heterocycles. The number of nitrogens with zero attached hydrogens (tertiary/aromatic N) is 3. The van der Waals surface area contributed by atoms with Gasteiger partial charge in [-0.15, -0.1) is 0 Å². The van der Waals surface area contributed by atoms with Crippen LogP contribution in [0.15, 0.2) is 59.8 Å². The van der Waals surface area contributed by atoms with E-state index in [0.29, 0.717) is 49.1 Å². The van der Waals surface area contributed by atoms with Crippen molar-refractivity contribution in [3.8, 4) is 11.1 Å². The second-order valence-corrected chi connectivity index (χ2v) is 11.2. The van der Waals surface area contributed by atoms with Crippen molar-refractivity contribution in [2.75, 3.05) is 22.7 Å². The second-order valence-electron chi connectivity index (χ2n) is 9.51. The zero-order valence-electron chi connectivity index (χ0n) is 19.7. The molecule has 5 rings (SSSR count). The van der Waals surface area contributed by atoms with Gasteiger partial charge in [-0.25, -0.2) is 18.4 Å².